The number of rotatable bonds is 0. The highest BCUT2D eigenvalue weighted by molar-refractivity contribution is 5.92. The molecule has 1 N–H and O–H groups in total. The Hall–Kier alpha value is -0.670. The van der Waals surface area contributed by atoms with Gasteiger partial charge in [0, 0.05) is 11.8 Å². The Balaban J connectivity index is 1.72. The molecule has 4 rings (SSSR count). The van der Waals surface area contributed by atoms with Crippen LogP contribution in [0.1, 0.15) is 58.8 Å². The van der Waals surface area contributed by atoms with Gasteiger partial charge in [-0.3, -0.25) is 4.79 Å². The van der Waals surface area contributed by atoms with Crippen LogP contribution in [0.3, 0.4) is 0 Å². The first kappa shape index (κ1) is 14.9. The lowest BCUT2D eigenvalue weighted by Crippen LogP contribution is -2.55. The molecular formula is C19H27O3. The summed E-state index contributed by atoms with van der Waals surface area (Å²) in [6.07, 6.45) is 7.13. The molecule has 0 aromatic heterocycles. The zero-order valence-electron chi connectivity index (χ0n) is 13.7. The van der Waals surface area contributed by atoms with E-state index in [4.69, 9.17) is 0 Å². The first-order valence-electron chi connectivity index (χ1n) is 8.95. The Bertz CT molecular complexity index is 539. The van der Waals surface area contributed by atoms with E-state index < -0.39 is 6.10 Å². The van der Waals surface area contributed by atoms with Crippen molar-refractivity contribution >= 4 is 5.78 Å². The van der Waals surface area contributed by atoms with E-state index in [1.165, 1.54) is 0 Å². The van der Waals surface area contributed by atoms with Crippen LogP contribution in [-0.2, 0) is 9.90 Å². The van der Waals surface area contributed by atoms with Gasteiger partial charge in [-0.1, -0.05) is 19.4 Å². The van der Waals surface area contributed by atoms with Crippen LogP contribution < -0.4 is 0 Å². The van der Waals surface area contributed by atoms with Crippen LogP contribution in [0.5, 0.6) is 0 Å². The number of aliphatic hydroxyl groups is 1. The van der Waals surface area contributed by atoms with Crippen LogP contribution in [-0.4, -0.2) is 23.1 Å². The molecule has 0 spiro atoms. The highest BCUT2D eigenvalue weighted by Crippen LogP contribution is 2.65. The summed E-state index contributed by atoms with van der Waals surface area (Å²) in [6, 6.07) is 0. The number of carbonyl (C=O) groups excluding carboxylic acids is 1. The monoisotopic (exact) mass is 303 g/mol. The second kappa shape index (κ2) is 4.67. The van der Waals surface area contributed by atoms with E-state index in [2.05, 4.69) is 13.8 Å². The zero-order valence-corrected chi connectivity index (χ0v) is 13.7. The van der Waals surface area contributed by atoms with E-state index in [1.807, 2.05) is 0 Å². The van der Waals surface area contributed by atoms with Gasteiger partial charge in [-0.2, -0.15) is 0 Å². The van der Waals surface area contributed by atoms with Gasteiger partial charge in [0.25, 0.3) is 0 Å². The second-order valence-corrected chi connectivity index (χ2v) is 8.66. The fraction of sp³-hybridized carbons (Fsp3) is 0.842. The van der Waals surface area contributed by atoms with Crippen molar-refractivity contribution in [3.63, 3.8) is 0 Å². The van der Waals surface area contributed by atoms with Gasteiger partial charge in [-0.05, 0) is 67.8 Å². The van der Waals surface area contributed by atoms with Gasteiger partial charge in [0.1, 0.15) is 6.10 Å². The first-order valence-corrected chi connectivity index (χ1v) is 8.95. The lowest BCUT2D eigenvalue weighted by atomic mass is 9.47. The van der Waals surface area contributed by atoms with Gasteiger partial charge in [0.05, 0.1) is 6.10 Å². The predicted octanol–water partition coefficient (Wildman–Crippen LogP) is 3.29. The van der Waals surface area contributed by atoms with E-state index in [0.29, 0.717) is 17.8 Å². The lowest BCUT2D eigenvalue weighted by Gasteiger charge is -2.58. The molecule has 0 aromatic rings. The third kappa shape index (κ3) is 1.73. The first-order chi connectivity index (χ1) is 10.4. The summed E-state index contributed by atoms with van der Waals surface area (Å²) in [5.41, 5.74) is 0.861. The predicted molar refractivity (Wildman–Crippen MR) is 82.6 cm³/mol. The molecule has 0 heterocycles. The Morgan fingerprint density at radius 1 is 1.14 bits per heavy atom. The molecule has 3 saturated carbocycles. The molecule has 4 aliphatic rings. The molecule has 1 unspecified atom stereocenters. The summed E-state index contributed by atoms with van der Waals surface area (Å²) >= 11 is 0. The molecule has 4 aliphatic carbocycles. The molecule has 0 aliphatic heterocycles. The zero-order chi connectivity index (χ0) is 15.7. The number of fused-ring (bicyclic) bond motifs is 5. The van der Waals surface area contributed by atoms with Crippen LogP contribution in [0.2, 0.25) is 0 Å². The Kier molecular flexibility index (Phi) is 3.16. The Labute approximate surface area is 132 Å². The number of carbonyl (C=O) groups is 1. The topological polar surface area (TPSA) is 57.2 Å². The van der Waals surface area contributed by atoms with Crippen molar-refractivity contribution in [2.24, 2.45) is 28.6 Å². The van der Waals surface area contributed by atoms with Crippen molar-refractivity contribution in [2.75, 3.05) is 0 Å². The summed E-state index contributed by atoms with van der Waals surface area (Å²) < 4.78 is 0. The second-order valence-electron chi connectivity index (χ2n) is 8.66. The number of hydrogen-bond acceptors (Lipinski definition) is 2. The normalized spacial score (nSPS) is 54.3. The van der Waals surface area contributed by atoms with Gasteiger partial charge in [0.2, 0.25) is 0 Å². The van der Waals surface area contributed by atoms with Crippen molar-refractivity contribution in [3.8, 4) is 0 Å². The van der Waals surface area contributed by atoms with E-state index in [0.717, 1.165) is 44.1 Å². The molecule has 0 bridgehead atoms. The lowest BCUT2D eigenvalue weighted by molar-refractivity contribution is -0.137. The average molecular weight is 303 g/mol. The molecule has 7 atom stereocenters. The molecule has 1 radical (unpaired) electrons. The molecule has 0 amide bonds. The maximum absolute atomic E-state index is 12.8. The SMILES string of the molecule is C[C@]12CC[C@H]3[C@@H](CCC4=CC(=O)CC([O])[C@@]43C)[C@@H]1CC[C@@H]2O. The van der Waals surface area contributed by atoms with E-state index >= 15 is 0 Å². The molecule has 22 heavy (non-hydrogen) atoms. The van der Waals surface area contributed by atoms with E-state index in [9.17, 15) is 15.0 Å². The largest absolute Gasteiger partial charge is 0.393 e. The van der Waals surface area contributed by atoms with Gasteiger partial charge >= 0.3 is 0 Å². The summed E-state index contributed by atoms with van der Waals surface area (Å²) in [5, 5.41) is 23.3. The number of aliphatic hydroxyl groups excluding tert-OH is 1. The minimum absolute atomic E-state index is 0.0304. The molecule has 121 valence electrons. The standard InChI is InChI=1S/C19H27O3/c1-18-8-7-15-13(14(18)5-6-16(18)21)4-3-11-9-12(20)10-17(22)19(11,15)2/h9,13-17,21H,3-8,10H2,1-2H3/t13-,14-,15-,16-,17?,18-,19-/m0/s1. The number of ketones is 1. The van der Waals surface area contributed by atoms with Crippen LogP contribution >= 0.6 is 0 Å². The Morgan fingerprint density at radius 2 is 1.91 bits per heavy atom. The third-order valence-electron chi connectivity index (χ3n) is 7.99. The molecule has 3 fully saturated rings. The highest BCUT2D eigenvalue weighted by Gasteiger charge is 2.60. The van der Waals surface area contributed by atoms with Crippen LogP contribution in [0.4, 0.5) is 0 Å². The van der Waals surface area contributed by atoms with Crippen molar-refractivity contribution in [1.29, 1.82) is 0 Å². The maximum Gasteiger partial charge on any atom is 0.158 e. The Morgan fingerprint density at radius 3 is 2.68 bits per heavy atom. The minimum Gasteiger partial charge on any atom is -0.393 e. The van der Waals surface area contributed by atoms with E-state index in [-0.39, 0.29) is 29.1 Å². The highest BCUT2D eigenvalue weighted by atomic mass is 16.3. The molecule has 0 saturated heterocycles. The van der Waals surface area contributed by atoms with Crippen molar-refractivity contribution in [2.45, 2.75) is 71.0 Å². The summed E-state index contributed by atoms with van der Waals surface area (Å²) in [6.45, 7) is 4.39. The van der Waals surface area contributed by atoms with Crippen LogP contribution in [0, 0.1) is 28.6 Å². The van der Waals surface area contributed by atoms with Crippen LogP contribution in [0.25, 0.3) is 0 Å². The van der Waals surface area contributed by atoms with Gasteiger partial charge in [0.15, 0.2) is 5.78 Å². The summed E-state index contributed by atoms with van der Waals surface area (Å²) in [5.74, 6) is 1.56. The average Bonchev–Trinajstić information content (AvgIpc) is 2.77. The van der Waals surface area contributed by atoms with Crippen molar-refractivity contribution in [1.82, 2.24) is 0 Å². The molecular weight excluding hydrogens is 276 g/mol. The summed E-state index contributed by atoms with van der Waals surface area (Å²) in [7, 11) is 0. The third-order valence-corrected chi connectivity index (χ3v) is 7.99. The quantitative estimate of drug-likeness (QED) is 0.746. The minimum atomic E-state index is -0.775. The fourth-order valence-corrected chi connectivity index (χ4v) is 6.56. The molecule has 3 heteroatoms. The van der Waals surface area contributed by atoms with Gasteiger partial charge in [-0.15, -0.1) is 0 Å². The van der Waals surface area contributed by atoms with E-state index in [1.54, 1.807) is 6.08 Å². The van der Waals surface area contributed by atoms with Crippen molar-refractivity contribution in [3.05, 3.63) is 11.6 Å². The van der Waals surface area contributed by atoms with Gasteiger partial charge < -0.3 is 5.11 Å². The number of hydrogen-bond donors (Lipinski definition) is 1. The van der Waals surface area contributed by atoms with Crippen molar-refractivity contribution < 1.29 is 15.0 Å². The molecule has 3 nitrogen and oxygen atoms in total. The smallest absolute Gasteiger partial charge is 0.158 e. The molecule has 0 aromatic carbocycles. The van der Waals surface area contributed by atoms with Gasteiger partial charge in [-0.25, -0.2) is 5.11 Å². The maximum atomic E-state index is 12.8. The summed E-state index contributed by atoms with van der Waals surface area (Å²) in [4.78, 5) is 11.8. The fourth-order valence-electron chi connectivity index (χ4n) is 6.56. The van der Waals surface area contributed by atoms with Crippen LogP contribution in [0.15, 0.2) is 11.6 Å².